The van der Waals surface area contributed by atoms with E-state index in [1.807, 2.05) is 0 Å². The SMILES string of the molecule is CSC(=O)C(=O)c1nccc(NC=O)n1. The first-order valence-corrected chi connectivity index (χ1v) is 5.07. The molecule has 0 saturated carbocycles. The Morgan fingerprint density at radius 2 is 2.27 bits per heavy atom. The van der Waals surface area contributed by atoms with Crippen LogP contribution in [0.25, 0.3) is 0 Å². The average molecular weight is 225 g/mol. The maximum absolute atomic E-state index is 11.3. The highest BCUT2D eigenvalue weighted by molar-refractivity contribution is 8.14. The van der Waals surface area contributed by atoms with Crippen molar-refractivity contribution in [3.05, 3.63) is 18.1 Å². The van der Waals surface area contributed by atoms with Crippen molar-refractivity contribution in [2.75, 3.05) is 11.6 Å². The molecule has 0 saturated heterocycles. The molecule has 1 rings (SSSR count). The molecule has 6 nitrogen and oxygen atoms in total. The van der Waals surface area contributed by atoms with Crippen molar-refractivity contribution in [2.24, 2.45) is 0 Å². The van der Waals surface area contributed by atoms with Gasteiger partial charge in [-0.25, -0.2) is 9.97 Å². The van der Waals surface area contributed by atoms with Gasteiger partial charge in [0.15, 0.2) is 0 Å². The smallest absolute Gasteiger partial charge is 0.276 e. The maximum atomic E-state index is 11.3. The zero-order valence-corrected chi connectivity index (χ0v) is 8.58. The van der Waals surface area contributed by atoms with Crippen molar-refractivity contribution in [1.29, 1.82) is 0 Å². The number of rotatable bonds is 4. The second kappa shape index (κ2) is 5.20. The van der Waals surface area contributed by atoms with Crippen molar-refractivity contribution >= 4 is 34.9 Å². The second-order valence-electron chi connectivity index (χ2n) is 2.35. The molecule has 0 unspecified atom stereocenters. The standard InChI is InChI=1S/C8H7N3O3S/c1-15-8(14)6(13)7-9-3-2-5(11-7)10-4-12/h2-4H,1H3,(H,9,10,11,12). The Bertz CT molecular complexity index is 408. The van der Waals surface area contributed by atoms with Crippen LogP contribution in [-0.4, -0.2) is 33.5 Å². The van der Waals surface area contributed by atoms with Gasteiger partial charge in [0.25, 0.3) is 10.9 Å². The Labute approximate surface area is 89.5 Å². The predicted octanol–water partition coefficient (Wildman–Crippen LogP) is 0.117. The van der Waals surface area contributed by atoms with Crippen LogP contribution in [0.3, 0.4) is 0 Å². The third kappa shape index (κ3) is 2.84. The number of thioether (sulfide) groups is 1. The van der Waals surface area contributed by atoms with Gasteiger partial charge >= 0.3 is 0 Å². The van der Waals surface area contributed by atoms with Gasteiger partial charge in [-0.1, -0.05) is 11.8 Å². The summed E-state index contributed by atoms with van der Waals surface area (Å²) in [7, 11) is 0. The zero-order chi connectivity index (χ0) is 11.3. The molecule has 0 aromatic carbocycles. The van der Waals surface area contributed by atoms with Gasteiger partial charge in [0.2, 0.25) is 12.2 Å². The van der Waals surface area contributed by atoms with E-state index in [1.165, 1.54) is 18.5 Å². The van der Waals surface area contributed by atoms with Gasteiger partial charge < -0.3 is 5.32 Å². The minimum absolute atomic E-state index is 0.178. The molecule has 0 bridgehead atoms. The fraction of sp³-hybridized carbons (Fsp3) is 0.125. The first kappa shape index (κ1) is 11.3. The van der Waals surface area contributed by atoms with Crippen LogP contribution in [0.1, 0.15) is 10.6 Å². The minimum atomic E-state index is -0.781. The summed E-state index contributed by atoms with van der Waals surface area (Å²) in [4.78, 5) is 39.8. The molecule has 0 aliphatic heterocycles. The van der Waals surface area contributed by atoms with Crippen LogP contribution in [0.2, 0.25) is 0 Å². The molecule has 0 atom stereocenters. The fourth-order valence-electron chi connectivity index (χ4n) is 0.793. The van der Waals surface area contributed by atoms with Gasteiger partial charge in [-0.15, -0.1) is 0 Å². The highest BCUT2D eigenvalue weighted by Crippen LogP contribution is 2.05. The molecule has 1 aromatic heterocycles. The number of hydrogen-bond donors (Lipinski definition) is 1. The molecule has 15 heavy (non-hydrogen) atoms. The quantitative estimate of drug-likeness (QED) is 0.444. The van der Waals surface area contributed by atoms with Crippen LogP contribution < -0.4 is 5.32 Å². The summed E-state index contributed by atoms with van der Waals surface area (Å²) in [6, 6.07) is 1.41. The first-order chi connectivity index (χ1) is 7.19. The number of carbonyl (C=O) groups is 3. The summed E-state index contributed by atoms with van der Waals surface area (Å²) >= 11 is 0.789. The van der Waals surface area contributed by atoms with Crippen LogP contribution >= 0.6 is 11.8 Å². The summed E-state index contributed by atoms with van der Waals surface area (Å²) in [6.07, 6.45) is 3.21. The summed E-state index contributed by atoms with van der Waals surface area (Å²) in [5.41, 5.74) is 0. The Balaban J connectivity index is 2.94. The van der Waals surface area contributed by atoms with Crippen LogP contribution in [0.15, 0.2) is 12.3 Å². The lowest BCUT2D eigenvalue weighted by Crippen LogP contribution is -2.14. The van der Waals surface area contributed by atoms with Gasteiger partial charge in [0, 0.05) is 6.20 Å². The van der Waals surface area contributed by atoms with E-state index in [0.29, 0.717) is 6.41 Å². The number of ketones is 1. The predicted molar refractivity (Wildman–Crippen MR) is 54.6 cm³/mol. The van der Waals surface area contributed by atoms with Crippen molar-refractivity contribution in [3.8, 4) is 0 Å². The van der Waals surface area contributed by atoms with Crippen molar-refractivity contribution in [3.63, 3.8) is 0 Å². The molecule has 1 aromatic rings. The second-order valence-corrected chi connectivity index (χ2v) is 3.13. The van der Waals surface area contributed by atoms with Crippen molar-refractivity contribution in [2.45, 2.75) is 0 Å². The summed E-state index contributed by atoms with van der Waals surface area (Å²) in [5.74, 6) is -0.824. The molecule has 78 valence electrons. The van der Waals surface area contributed by atoms with E-state index in [2.05, 4.69) is 15.3 Å². The van der Waals surface area contributed by atoms with E-state index in [0.717, 1.165) is 11.8 Å². The lowest BCUT2D eigenvalue weighted by Gasteiger charge is -1.99. The van der Waals surface area contributed by atoms with E-state index in [1.54, 1.807) is 0 Å². The van der Waals surface area contributed by atoms with Gasteiger partial charge in [0.05, 0.1) is 0 Å². The molecular weight excluding hydrogens is 218 g/mol. The van der Waals surface area contributed by atoms with Crippen LogP contribution in [0.5, 0.6) is 0 Å². The topological polar surface area (TPSA) is 89.0 Å². The van der Waals surface area contributed by atoms with Crippen LogP contribution in [0, 0.1) is 0 Å². The third-order valence-electron chi connectivity index (χ3n) is 1.44. The Kier molecular flexibility index (Phi) is 3.92. The van der Waals surface area contributed by atoms with Gasteiger partial charge in [-0.05, 0) is 12.3 Å². The molecule has 0 fully saturated rings. The van der Waals surface area contributed by atoms with Crippen molar-refractivity contribution < 1.29 is 14.4 Å². The molecule has 0 aliphatic rings. The molecule has 1 N–H and O–H groups in total. The number of nitrogens with zero attached hydrogens (tertiary/aromatic N) is 2. The third-order valence-corrected chi connectivity index (χ3v) is 1.99. The summed E-state index contributed by atoms with van der Waals surface area (Å²) < 4.78 is 0. The summed E-state index contributed by atoms with van der Waals surface area (Å²) in [6.45, 7) is 0. The molecule has 1 heterocycles. The molecule has 0 aliphatic carbocycles. The number of Topliss-reactive ketones (excluding diaryl/α,β-unsaturated/α-hetero) is 1. The Morgan fingerprint density at radius 1 is 1.53 bits per heavy atom. The van der Waals surface area contributed by atoms with E-state index >= 15 is 0 Å². The Hall–Kier alpha value is -1.76. The molecule has 1 amide bonds. The van der Waals surface area contributed by atoms with Gasteiger partial charge in [-0.2, -0.15) is 0 Å². The van der Waals surface area contributed by atoms with E-state index in [9.17, 15) is 14.4 Å². The minimum Gasteiger partial charge on any atom is -0.313 e. The monoisotopic (exact) mass is 225 g/mol. The van der Waals surface area contributed by atoms with E-state index in [4.69, 9.17) is 0 Å². The van der Waals surface area contributed by atoms with Gasteiger partial charge in [-0.3, -0.25) is 14.4 Å². The number of anilines is 1. The molecule has 0 radical (unpaired) electrons. The average Bonchev–Trinajstić information content (AvgIpc) is 2.28. The summed E-state index contributed by atoms with van der Waals surface area (Å²) in [5, 5.41) is 1.62. The Morgan fingerprint density at radius 3 is 2.87 bits per heavy atom. The zero-order valence-electron chi connectivity index (χ0n) is 7.76. The molecule has 0 spiro atoms. The highest BCUT2D eigenvalue weighted by atomic mass is 32.2. The van der Waals surface area contributed by atoms with E-state index < -0.39 is 10.9 Å². The van der Waals surface area contributed by atoms with Crippen LogP contribution in [0.4, 0.5) is 5.82 Å². The highest BCUT2D eigenvalue weighted by Gasteiger charge is 2.18. The number of amides is 1. The lowest BCUT2D eigenvalue weighted by atomic mass is 10.4. The normalized spacial score (nSPS) is 9.40. The number of nitrogens with one attached hydrogen (secondary N) is 1. The number of carbonyl (C=O) groups excluding carboxylic acids is 3. The first-order valence-electron chi connectivity index (χ1n) is 3.85. The maximum Gasteiger partial charge on any atom is 0.276 e. The van der Waals surface area contributed by atoms with Gasteiger partial charge in [0.1, 0.15) is 5.82 Å². The largest absolute Gasteiger partial charge is 0.313 e. The van der Waals surface area contributed by atoms with Crippen molar-refractivity contribution in [1.82, 2.24) is 9.97 Å². The number of aromatic nitrogens is 2. The lowest BCUT2D eigenvalue weighted by molar-refractivity contribution is -0.107. The molecular formula is C8H7N3O3S. The van der Waals surface area contributed by atoms with Crippen LogP contribution in [-0.2, 0) is 9.59 Å². The number of hydrogen-bond acceptors (Lipinski definition) is 6. The molecule has 7 heteroatoms. The fourth-order valence-corrected chi connectivity index (χ4v) is 1.07. The van der Waals surface area contributed by atoms with E-state index in [-0.39, 0.29) is 11.6 Å².